The first-order valence-corrected chi connectivity index (χ1v) is 8.04. The van der Waals surface area contributed by atoms with Crippen LogP contribution in [0, 0.1) is 0 Å². The molecule has 1 N–H and O–H groups in total. The van der Waals surface area contributed by atoms with Crippen molar-refractivity contribution in [1.82, 2.24) is 15.1 Å². The van der Waals surface area contributed by atoms with Crippen LogP contribution in [-0.4, -0.2) is 33.3 Å². The minimum atomic E-state index is -0.479. The van der Waals surface area contributed by atoms with Crippen LogP contribution >= 0.6 is 0 Å². The lowest BCUT2D eigenvalue weighted by Gasteiger charge is -2.28. The van der Waals surface area contributed by atoms with E-state index >= 15 is 0 Å². The van der Waals surface area contributed by atoms with Gasteiger partial charge in [0.2, 0.25) is 0 Å². The molecule has 1 atom stereocenters. The molecule has 2 heterocycles. The molecule has 1 amide bonds. The predicted octanol–water partition coefficient (Wildman–Crippen LogP) is 4.15. The van der Waals surface area contributed by atoms with E-state index in [2.05, 4.69) is 10.2 Å². The zero-order valence-corrected chi connectivity index (χ0v) is 13.9. The highest BCUT2D eigenvalue weighted by Crippen LogP contribution is 2.33. The summed E-state index contributed by atoms with van der Waals surface area (Å²) in [5, 5.41) is 7.49. The van der Waals surface area contributed by atoms with Crippen molar-refractivity contribution in [2.75, 3.05) is 6.54 Å². The molecule has 5 heteroatoms. The first-order valence-electron chi connectivity index (χ1n) is 8.04. The number of ether oxygens (including phenoxy) is 1. The summed E-state index contributed by atoms with van der Waals surface area (Å²) in [4.78, 5) is 14.2. The maximum absolute atomic E-state index is 12.4. The molecule has 0 spiro atoms. The lowest BCUT2D eigenvalue weighted by molar-refractivity contribution is 0.0221. The van der Waals surface area contributed by atoms with E-state index in [0.717, 1.165) is 36.3 Å². The number of nitrogens with one attached hydrogen (secondary N) is 1. The van der Waals surface area contributed by atoms with Gasteiger partial charge in [0.1, 0.15) is 5.60 Å². The van der Waals surface area contributed by atoms with Crippen LogP contribution in [0.25, 0.3) is 11.3 Å². The van der Waals surface area contributed by atoms with Crippen LogP contribution < -0.4 is 0 Å². The summed E-state index contributed by atoms with van der Waals surface area (Å²) < 4.78 is 5.52. The molecule has 3 rings (SSSR count). The van der Waals surface area contributed by atoms with Gasteiger partial charge in [0.05, 0.1) is 17.4 Å². The Kier molecular flexibility index (Phi) is 4.11. The summed E-state index contributed by atoms with van der Waals surface area (Å²) in [6.45, 7) is 6.39. The van der Waals surface area contributed by atoms with E-state index < -0.39 is 5.60 Å². The molecule has 23 heavy (non-hydrogen) atoms. The number of aromatic amines is 1. The van der Waals surface area contributed by atoms with Crippen LogP contribution in [0.1, 0.15) is 45.3 Å². The first kappa shape index (κ1) is 15.6. The van der Waals surface area contributed by atoms with Crippen molar-refractivity contribution in [2.24, 2.45) is 0 Å². The third kappa shape index (κ3) is 3.55. The van der Waals surface area contributed by atoms with Crippen molar-refractivity contribution >= 4 is 6.09 Å². The number of carbonyl (C=O) groups excluding carboxylic acids is 1. The van der Waals surface area contributed by atoms with Crippen molar-refractivity contribution in [1.29, 1.82) is 0 Å². The maximum atomic E-state index is 12.4. The fraction of sp³-hybridized carbons (Fsp3) is 0.444. The number of hydrogen-bond donors (Lipinski definition) is 1. The molecule has 0 saturated carbocycles. The number of benzene rings is 1. The average Bonchev–Trinajstić information content (AvgIpc) is 3.15. The summed E-state index contributed by atoms with van der Waals surface area (Å²) in [6.07, 6.45) is 1.65. The Bertz CT molecular complexity index is 673. The van der Waals surface area contributed by atoms with E-state index in [4.69, 9.17) is 4.74 Å². The van der Waals surface area contributed by atoms with Gasteiger partial charge in [-0.15, -0.1) is 0 Å². The van der Waals surface area contributed by atoms with E-state index in [-0.39, 0.29) is 12.1 Å². The summed E-state index contributed by atoms with van der Waals surface area (Å²) in [5.41, 5.74) is 2.45. The lowest BCUT2D eigenvalue weighted by Crippen LogP contribution is -2.36. The zero-order chi connectivity index (χ0) is 16.4. The number of nitrogens with zero attached hydrogens (tertiary/aromatic N) is 2. The van der Waals surface area contributed by atoms with Gasteiger partial charge in [-0.05, 0) is 39.7 Å². The van der Waals surface area contributed by atoms with Crippen molar-refractivity contribution in [3.63, 3.8) is 0 Å². The van der Waals surface area contributed by atoms with Gasteiger partial charge in [-0.2, -0.15) is 5.10 Å². The SMILES string of the molecule is CC(C)(C)OC(=O)N1CCC[C@H]1c1cc(-c2ccccc2)n[nH]1. The summed E-state index contributed by atoms with van der Waals surface area (Å²) >= 11 is 0. The molecule has 1 saturated heterocycles. The number of aromatic nitrogens is 2. The minimum Gasteiger partial charge on any atom is -0.444 e. The molecule has 1 aliphatic heterocycles. The van der Waals surface area contributed by atoms with Crippen LogP contribution in [0.5, 0.6) is 0 Å². The molecular weight excluding hydrogens is 290 g/mol. The van der Waals surface area contributed by atoms with E-state index in [1.807, 2.05) is 57.2 Å². The number of hydrogen-bond acceptors (Lipinski definition) is 3. The standard InChI is InChI=1S/C18H23N3O2/c1-18(2,3)23-17(22)21-11-7-10-16(21)15-12-14(19-20-15)13-8-5-4-6-9-13/h4-6,8-9,12,16H,7,10-11H2,1-3H3,(H,19,20)/t16-/m0/s1. The highest BCUT2D eigenvalue weighted by molar-refractivity contribution is 5.69. The zero-order valence-electron chi connectivity index (χ0n) is 13.9. The molecule has 0 unspecified atom stereocenters. The Balaban J connectivity index is 1.78. The average molecular weight is 313 g/mol. The van der Waals surface area contributed by atoms with Gasteiger partial charge in [0.15, 0.2) is 0 Å². The Hall–Kier alpha value is -2.30. The molecule has 2 aromatic rings. The molecule has 1 aliphatic rings. The van der Waals surface area contributed by atoms with Crippen molar-refractivity contribution in [3.05, 3.63) is 42.1 Å². The highest BCUT2D eigenvalue weighted by atomic mass is 16.6. The van der Waals surface area contributed by atoms with Crippen LogP contribution in [-0.2, 0) is 4.74 Å². The van der Waals surface area contributed by atoms with Gasteiger partial charge in [-0.3, -0.25) is 10.00 Å². The summed E-state index contributed by atoms with van der Waals surface area (Å²) in [6, 6.07) is 12.1. The number of likely N-dealkylation sites (tertiary alicyclic amines) is 1. The number of amides is 1. The fourth-order valence-electron chi connectivity index (χ4n) is 2.89. The summed E-state index contributed by atoms with van der Waals surface area (Å²) in [5.74, 6) is 0. The van der Waals surface area contributed by atoms with E-state index in [1.54, 1.807) is 4.90 Å². The first-order chi connectivity index (χ1) is 10.9. The third-order valence-electron chi connectivity index (χ3n) is 3.91. The molecule has 0 aliphatic carbocycles. The highest BCUT2D eigenvalue weighted by Gasteiger charge is 2.34. The van der Waals surface area contributed by atoms with Gasteiger partial charge in [-0.1, -0.05) is 30.3 Å². The molecular formula is C18H23N3O2. The summed E-state index contributed by atoms with van der Waals surface area (Å²) in [7, 11) is 0. The van der Waals surface area contributed by atoms with E-state index in [9.17, 15) is 4.79 Å². The van der Waals surface area contributed by atoms with Crippen LogP contribution in [0.2, 0.25) is 0 Å². The minimum absolute atomic E-state index is 0.00909. The molecule has 0 radical (unpaired) electrons. The number of carbonyl (C=O) groups is 1. The Morgan fingerprint density at radius 1 is 1.30 bits per heavy atom. The topological polar surface area (TPSA) is 58.2 Å². The smallest absolute Gasteiger partial charge is 0.410 e. The second-order valence-corrected chi connectivity index (χ2v) is 6.91. The molecule has 1 aromatic carbocycles. The predicted molar refractivity (Wildman–Crippen MR) is 88.9 cm³/mol. The Morgan fingerprint density at radius 2 is 2.04 bits per heavy atom. The van der Waals surface area contributed by atoms with Crippen LogP contribution in [0.15, 0.2) is 36.4 Å². The normalized spacial score (nSPS) is 18.2. The van der Waals surface area contributed by atoms with Gasteiger partial charge < -0.3 is 4.74 Å². The van der Waals surface area contributed by atoms with Crippen LogP contribution in [0.4, 0.5) is 4.79 Å². The number of rotatable bonds is 2. The quantitative estimate of drug-likeness (QED) is 0.906. The second-order valence-electron chi connectivity index (χ2n) is 6.91. The third-order valence-corrected chi connectivity index (χ3v) is 3.91. The Labute approximate surface area is 136 Å². The van der Waals surface area contributed by atoms with Crippen molar-refractivity contribution in [3.8, 4) is 11.3 Å². The second kappa shape index (κ2) is 6.07. The van der Waals surface area contributed by atoms with Gasteiger partial charge in [-0.25, -0.2) is 4.79 Å². The van der Waals surface area contributed by atoms with Gasteiger partial charge >= 0.3 is 6.09 Å². The lowest BCUT2D eigenvalue weighted by atomic mass is 10.1. The number of H-pyrrole nitrogens is 1. The Morgan fingerprint density at radius 3 is 2.74 bits per heavy atom. The van der Waals surface area contributed by atoms with Crippen molar-refractivity contribution < 1.29 is 9.53 Å². The van der Waals surface area contributed by atoms with Crippen LogP contribution in [0.3, 0.4) is 0 Å². The molecule has 5 nitrogen and oxygen atoms in total. The molecule has 1 aromatic heterocycles. The van der Waals surface area contributed by atoms with E-state index in [1.165, 1.54) is 0 Å². The maximum Gasteiger partial charge on any atom is 0.410 e. The monoisotopic (exact) mass is 313 g/mol. The molecule has 0 bridgehead atoms. The van der Waals surface area contributed by atoms with Crippen molar-refractivity contribution in [2.45, 2.75) is 45.3 Å². The van der Waals surface area contributed by atoms with E-state index in [0.29, 0.717) is 0 Å². The van der Waals surface area contributed by atoms with Gasteiger partial charge in [0, 0.05) is 12.1 Å². The molecule has 1 fully saturated rings. The largest absolute Gasteiger partial charge is 0.444 e. The van der Waals surface area contributed by atoms with Gasteiger partial charge in [0.25, 0.3) is 0 Å². The molecule has 122 valence electrons. The fourth-order valence-corrected chi connectivity index (χ4v) is 2.89.